The number of Topliss-reactive ketones (excluding diaryl/α,β-unsaturated/α-hetero) is 1. The van der Waals surface area contributed by atoms with Gasteiger partial charge in [0.25, 0.3) is 0 Å². The molecule has 2 aromatic rings. The van der Waals surface area contributed by atoms with E-state index in [1.807, 2.05) is 30.3 Å². The summed E-state index contributed by atoms with van der Waals surface area (Å²) in [6.45, 7) is 0.905. The Kier molecular flexibility index (Phi) is 5.51. The van der Waals surface area contributed by atoms with Gasteiger partial charge < -0.3 is 4.90 Å². The van der Waals surface area contributed by atoms with E-state index in [-0.39, 0.29) is 11.7 Å². The van der Waals surface area contributed by atoms with Crippen molar-refractivity contribution < 1.29 is 9.59 Å². The van der Waals surface area contributed by atoms with E-state index in [0.717, 1.165) is 30.3 Å². The summed E-state index contributed by atoms with van der Waals surface area (Å²) in [5.74, 6) is 1.04. The Morgan fingerprint density at radius 3 is 2.78 bits per heavy atom. The Morgan fingerprint density at radius 1 is 1.04 bits per heavy atom. The van der Waals surface area contributed by atoms with Crippen LogP contribution in [0.2, 0.25) is 0 Å². The van der Waals surface area contributed by atoms with Crippen LogP contribution in [-0.2, 0) is 4.79 Å². The molecule has 1 aromatic heterocycles. The molecule has 0 N–H and O–H groups in total. The van der Waals surface area contributed by atoms with Crippen molar-refractivity contribution in [3.05, 3.63) is 42.1 Å². The second-order valence-corrected chi connectivity index (χ2v) is 8.03. The molecule has 4 rings (SSSR count). The molecule has 1 aliphatic carbocycles. The second kappa shape index (κ2) is 8.20. The minimum Gasteiger partial charge on any atom is -0.339 e. The first-order valence-corrected chi connectivity index (χ1v) is 10.4. The van der Waals surface area contributed by atoms with Crippen molar-refractivity contribution >= 4 is 22.6 Å². The number of benzene rings is 1. The molecule has 2 aliphatic rings. The van der Waals surface area contributed by atoms with Crippen molar-refractivity contribution in [2.45, 2.75) is 63.8 Å². The van der Waals surface area contributed by atoms with Gasteiger partial charge in [-0.25, -0.2) is 0 Å². The fraction of sp³-hybridized carbons (Fsp3) is 0.522. The number of piperidine rings is 1. The van der Waals surface area contributed by atoms with Gasteiger partial charge in [0.05, 0.1) is 5.52 Å². The van der Waals surface area contributed by atoms with Crippen LogP contribution in [0.1, 0.15) is 68.1 Å². The highest BCUT2D eigenvalue weighted by atomic mass is 16.2. The molecule has 0 radical (unpaired) electrons. The van der Waals surface area contributed by atoms with Gasteiger partial charge in [0, 0.05) is 42.6 Å². The number of aromatic nitrogens is 1. The Morgan fingerprint density at radius 2 is 1.85 bits per heavy atom. The van der Waals surface area contributed by atoms with Crippen molar-refractivity contribution in [1.82, 2.24) is 9.88 Å². The summed E-state index contributed by atoms with van der Waals surface area (Å²) in [7, 11) is 0. The van der Waals surface area contributed by atoms with Crippen molar-refractivity contribution in [3.63, 3.8) is 0 Å². The number of likely N-dealkylation sites (tertiary alicyclic amines) is 1. The van der Waals surface area contributed by atoms with Crippen LogP contribution in [0.4, 0.5) is 0 Å². The SMILES string of the molecule is O=C(CCCC(=O)N1CCCC2CCCCC21)c1cnc2ccccc2c1. The van der Waals surface area contributed by atoms with Crippen LogP contribution >= 0.6 is 0 Å². The van der Waals surface area contributed by atoms with Gasteiger partial charge in [-0.15, -0.1) is 0 Å². The molecule has 1 saturated heterocycles. The fourth-order valence-electron chi connectivity index (χ4n) is 4.85. The number of pyridine rings is 1. The normalized spacial score (nSPS) is 22.4. The average molecular weight is 364 g/mol. The molecule has 27 heavy (non-hydrogen) atoms. The monoisotopic (exact) mass is 364 g/mol. The van der Waals surface area contributed by atoms with Crippen LogP contribution in [-0.4, -0.2) is 34.2 Å². The third kappa shape index (κ3) is 4.05. The summed E-state index contributed by atoms with van der Waals surface area (Å²) < 4.78 is 0. The minimum atomic E-state index is 0.0789. The number of nitrogens with zero attached hydrogens (tertiary/aromatic N) is 2. The van der Waals surface area contributed by atoms with E-state index in [9.17, 15) is 9.59 Å². The molecule has 1 amide bonds. The lowest BCUT2D eigenvalue weighted by Crippen LogP contribution is -2.49. The average Bonchev–Trinajstić information content (AvgIpc) is 2.72. The molecule has 1 aliphatic heterocycles. The quantitative estimate of drug-likeness (QED) is 0.718. The molecule has 142 valence electrons. The van der Waals surface area contributed by atoms with Gasteiger partial charge in [0.15, 0.2) is 5.78 Å². The highest BCUT2D eigenvalue weighted by molar-refractivity contribution is 5.98. The predicted octanol–water partition coefficient (Wildman–Crippen LogP) is 4.77. The molecule has 2 unspecified atom stereocenters. The van der Waals surface area contributed by atoms with Gasteiger partial charge in [0.1, 0.15) is 0 Å². The largest absolute Gasteiger partial charge is 0.339 e. The number of hydrogen-bond acceptors (Lipinski definition) is 3. The number of fused-ring (bicyclic) bond motifs is 2. The summed E-state index contributed by atoms with van der Waals surface area (Å²) in [6, 6.07) is 10.2. The van der Waals surface area contributed by atoms with Crippen LogP contribution < -0.4 is 0 Å². The van der Waals surface area contributed by atoms with Gasteiger partial charge in [-0.2, -0.15) is 0 Å². The van der Waals surface area contributed by atoms with Gasteiger partial charge >= 0.3 is 0 Å². The number of para-hydroxylation sites is 1. The minimum absolute atomic E-state index is 0.0789. The molecule has 4 nitrogen and oxygen atoms in total. The van der Waals surface area contributed by atoms with E-state index >= 15 is 0 Å². The van der Waals surface area contributed by atoms with Crippen LogP contribution in [0.25, 0.3) is 10.9 Å². The first kappa shape index (κ1) is 18.1. The smallest absolute Gasteiger partial charge is 0.222 e. The van der Waals surface area contributed by atoms with E-state index in [4.69, 9.17) is 0 Å². The first-order chi connectivity index (χ1) is 13.2. The van der Waals surface area contributed by atoms with Gasteiger partial charge in [-0.05, 0) is 50.2 Å². The Labute approximate surface area is 161 Å². The van der Waals surface area contributed by atoms with E-state index < -0.39 is 0 Å². The number of hydrogen-bond donors (Lipinski definition) is 0. The van der Waals surface area contributed by atoms with Gasteiger partial charge in [-0.1, -0.05) is 31.0 Å². The lowest BCUT2D eigenvalue weighted by Gasteiger charge is -2.44. The number of rotatable bonds is 5. The third-order valence-electron chi connectivity index (χ3n) is 6.27. The summed E-state index contributed by atoms with van der Waals surface area (Å²) >= 11 is 0. The Balaban J connectivity index is 1.31. The molecule has 0 bridgehead atoms. The number of ketones is 1. The maximum atomic E-state index is 12.7. The van der Waals surface area contributed by atoms with E-state index in [2.05, 4.69) is 9.88 Å². The molecule has 2 heterocycles. The molecule has 2 atom stereocenters. The zero-order valence-electron chi connectivity index (χ0n) is 15.9. The van der Waals surface area contributed by atoms with Crippen LogP contribution in [0.3, 0.4) is 0 Å². The van der Waals surface area contributed by atoms with E-state index in [0.29, 0.717) is 36.8 Å². The van der Waals surface area contributed by atoms with Gasteiger partial charge in [0.2, 0.25) is 5.91 Å². The molecule has 1 aromatic carbocycles. The lowest BCUT2D eigenvalue weighted by molar-refractivity contribution is -0.137. The first-order valence-electron chi connectivity index (χ1n) is 10.4. The standard InChI is InChI=1S/C23H28N2O2/c26-22(19-15-18-8-1-3-10-20(18)24-16-19)12-5-13-23(27)25-14-6-9-17-7-2-4-11-21(17)25/h1,3,8,10,15-17,21H,2,4-7,9,11-14H2. The molecular formula is C23H28N2O2. The van der Waals surface area contributed by atoms with Crippen molar-refractivity contribution in [3.8, 4) is 0 Å². The number of carbonyl (C=O) groups excluding carboxylic acids is 2. The van der Waals surface area contributed by atoms with Crippen LogP contribution in [0, 0.1) is 5.92 Å². The highest BCUT2D eigenvalue weighted by Gasteiger charge is 2.35. The number of carbonyl (C=O) groups is 2. The fourth-order valence-corrected chi connectivity index (χ4v) is 4.85. The van der Waals surface area contributed by atoms with Crippen molar-refractivity contribution in [2.75, 3.05) is 6.54 Å². The molecule has 2 fully saturated rings. The zero-order valence-corrected chi connectivity index (χ0v) is 15.9. The zero-order chi connectivity index (χ0) is 18.6. The highest BCUT2D eigenvalue weighted by Crippen LogP contribution is 2.35. The predicted molar refractivity (Wildman–Crippen MR) is 107 cm³/mol. The van der Waals surface area contributed by atoms with E-state index in [1.54, 1.807) is 6.20 Å². The number of amides is 1. The summed E-state index contributed by atoms with van der Waals surface area (Å²) in [4.78, 5) is 31.8. The van der Waals surface area contributed by atoms with Crippen molar-refractivity contribution in [1.29, 1.82) is 0 Å². The Hall–Kier alpha value is -2.23. The lowest BCUT2D eigenvalue weighted by atomic mass is 9.78. The topological polar surface area (TPSA) is 50.3 Å². The maximum absolute atomic E-state index is 12.7. The van der Waals surface area contributed by atoms with Crippen LogP contribution in [0.5, 0.6) is 0 Å². The van der Waals surface area contributed by atoms with Crippen molar-refractivity contribution in [2.24, 2.45) is 5.92 Å². The second-order valence-electron chi connectivity index (χ2n) is 8.03. The molecule has 0 spiro atoms. The molecule has 1 saturated carbocycles. The molecular weight excluding hydrogens is 336 g/mol. The molecule has 4 heteroatoms. The summed E-state index contributed by atoms with van der Waals surface area (Å²) in [6.07, 6.45) is 10.6. The van der Waals surface area contributed by atoms with Gasteiger partial charge in [-0.3, -0.25) is 14.6 Å². The summed E-state index contributed by atoms with van der Waals surface area (Å²) in [5, 5.41) is 0.982. The van der Waals surface area contributed by atoms with Crippen LogP contribution in [0.15, 0.2) is 36.5 Å². The third-order valence-corrected chi connectivity index (χ3v) is 6.27. The van der Waals surface area contributed by atoms with E-state index in [1.165, 1.54) is 25.7 Å². The Bertz CT molecular complexity index is 830. The maximum Gasteiger partial charge on any atom is 0.222 e. The summed E-state index contributed by atoms with van der Waals surface area (Å²) in [5.41, 5.74) is 1.54.